The molecule has 1 aliphatic heterocycles. The van der Waals surface area contributed by atoms with Gasteiger partial charge in [0.15, 0.2) is 9.84 Å². The number of hydrogen-bond donors (Lipinski definition) is 1. The predicted octanol–water partition coefficient (Wildman–Crippen LogP) is 0.510. The maximum absolute atomic E-state index is 11.8. The summed E-state index contributed by atoms with van der Waals surface area (Å²) in [5, 5.41) is 3.09. The first-order valence-electron chi connectivity index (χ1n) is 7.12. The molecular formula is C13H28N2O3S. The van der Waals surface area contributed by atoms with Crippen LogP contribution < -0.4 is 5.32 Å². The van der Waals surface area contributed by atoms with Crippen LogP contribution in [0.5, 0.6) is 0 Å². The van der Waals surface area contributed by atoms with E-state index in [4.69, 9.17) is 4.74 Å². The summed E-state index contributed by atoms with van der Waals surface area (Å²) in [5.41, 5.74) is 0. The Kier molecular flexibility index (Phi) is 7.28. The molecular weight excluding hydrogens is 264 g/mol. The Morgan fingerprint density at radius 1 is 1.42 bits per heavy atom. The van der Waals surface area contributed by atoms with Crippen molar-refractivity contribution in [3.05, 3.63) is 0 Å². The summed E-state index contributed by atoms with van der Waals surface area (Å²) in [6, 6.07) is 0.471. The van der Waals surface area contributed by atoms with Gasteiger partial charge in [-0.2, -0.15) is 0 Å². The highest BCUT2D eigenvalue weighted by Crippen LogP contribution is 2.16. The Balaban J connectivity index is 2.32. The molecule has 6 heteroatoms. The van der Waals surface area contributed by atoms with E-state index in [9.17, 15) is 8.42 Å². The van der Waals surface area contributed by atoms with E-state index in [1.54, 1.807) is 21.0 Å². The number of methoxy groups -OCH3 is 1. The molecule has 0 amide bonds. The fraction of sp³-hybridized carbons (Fsp3) is 1.00. The molecule has 0 aromatic carbocycles. The molecule has 19 heavy (non-hydrogen) atoms. The van der Waals surface area contributed by atoms with Gasteiger partial charge in [-0.15, -0.1) is 0 Å². The van der Waals surface area contributed by atoms with Crippen molar-refractivity contribution in [1.82, 2.24) is 10.2 Å². The first kappa shape index (κ1) is 16.9. The van der Waals surface area contributed by atoms with Gasteiger partial charge >= 0.3 is 0 Å². The fourth-order valence-electron chi connectivity index (χ4n) is 2.34. The number of likely N-dealkylation sites (tertiary alicyclic amines) is 1. The molecule has 0 aromatic heterocycles. The van der Waals surface area contributed by atoms with Gasteiger partial charge in [-0.1, -0.05) is 0 Å². The Morgan fingerprint density at radius 2 is 2.16 bits per heavy atom. The highest BCUT2D eigenvalue weighted by atomic mass is 32.2. The van der Waals surface area contributed by atoms with Crippen LogP contribution in [-0.2, 0) is 14.6 Å². The zero-order chi connectivity index (χ0) is 14.3. The molecule has 114 valence electrons. The van der Waals surface area contributed by atoms with Crippen LogP contribution in [0.4, 0.5) is 0 Å². The summed E-state index contributed by atoms with van der Waals surface area (Å²) in [5.74, 6) is 0.277. The Bertz CT molecular complexity index is 344. The molecule has 5 nitrogen and oxygen atoms in total. The van der Waals surface area contributed by atoms with Crippen LogP contribution >= 0.6 is 0 Å². The lowest BCUT2D eigenvalue weighted by molar-refractivity contribution is 0.193. The van der Waals surface area contributed by atoms with Crippen LogP contribution in [-0.4, -0.2) is 70.3 Å². The van der Waals surface area contributed by atoms with Gasteiger partial charge in [0.05, 0.1) is 17.6 Å². The molecule has 0 spiro atoms. The van der Waals surface area contributed by atoms with Crippen LogP contribution in [0.15, 0.2) is 0 Å². The van der Waals surface area contributed by atoms with Crippen molar-refractivity contribution in [3.8, 4) is 0 Å². The van der Waals surface area contributed by atoms with E-state index in [1.807, 2.05) is 0 Å². The normalized spacial score (nSPS) is 21.4. The monoisotopic (exact) mass is 292 g/mol. The molecule has 0 bridgehead atoms. The maximum Gasteiger partial charge on any atom is 0.153 e. The predicted molar refractivity (Wildman–Crippen MR) is 78.3 cm³/mol. The molecule has 0 aliphatic carbocycles. The third-order valence-electron chi connectivity index (χ3n) is 3.74. The summed E-state index contributed by atoms with van der Waals surface area (Å²) < 4.78 is 28.7. The van der Waals surface area contributed by atoms with Crippen molar-refractivity contribution in [2.45, 2.75) is 38.0 Å². The van der Waals surface area contributed by atoms with Crippen LogP contribution in [0, 0.1) is 0 Å². The summed E-state index contributed by atoms with van der Waals surface area (Å²) >= 11 is 0. The van der Waals surface area contributed by atoms with E-state index in [0.29, 0.717) is 19.2 Å². The summed E-state index contributed by atoms with van der Waals surface area (Å²) in [7, 11) is -1.23. The highest BCUT2D eigenvalue weighted by molar-refractivity contribution is 7.92. The summed E-state index contributed by atoms with van der Waals surface area (Å²) in [6.07, 6.45) is 2.32. The first-order valence-corrected chi connectivity index (χ1v) is 8.84. The molecule has 0 aromatic rings. The minimum absolute atomic E-state index is 0.270. The Labute approximate surface area is 117 Å². The van der Waals surface area contributed by atoms with Crippen molar-refractivity contribution in [1.29, 1.82) is 0 Å². The SMILES string of the molecule is COCCNCC1CCCN1CCS(=O)(=O)C(C)C. The molecule has 1 heterocycles. The molecule has 1 aliphatic rings. The smallest absolute Gasteiger partial charge is 0.153 e. The van der Waals surface area contributed by atoms with Gasteiger partial charge in [-0.05, 0) is 33.2 Å². The lowest BCUT2D eigenvalue weighted by Crippen LogP contribution is -2.41. The van der Waals surface area contributed by atoms with E-state index in [-0.39, 0.29) is 11.0 Å². The summed E-state index contributed by atoms with van der Waals surface area (Å²) in [4.78, 5) is 2.31. The van der Waals surface area contributed by atoms with Crippen LogP contribution in [0.1, 0.15) is 26.7 Å². The third kappa shape index (κ3) is 5.77. The number of nitrogens with zero attached hydrogens (tertiary/aromatic N) is 1. The second kappa shape index (κ2) is 8.19. The largest absolute Gasteiger partial charge is 0.383 e. The van der Waals surface area contributed by atoms with Crippen LogP contribution in [0.3, 0.4) is 0 Å². The maximum atomic E-state index is 11.8. The highest BCUT2D eigenvalue weighted by Gasteiger charge is 2.26. The standard InChI is InChI=1S/C13H28N2O3S/c1-12(2)19(16,17)10-8-15-7-4-5-13(15)11-14-6-9-18-3/h12-14H,4-11H2,1-3H3. The van der Waals surface area contributed by atoms with Gasteiger partial charge in [0.2, 0.25) is 0 Å². The van der Waals surface area contributed by atoms with Gasteiger partial charge < -0.3 is 10.1 Å². The minimum Gasteiger partial charge on any atom is -0.383 e. The van der Waals surface area contributed by atoms with Gasteiger partial charge in [0, 0.05) is 32.8 Å². The van der Waals surface area contributed by atoms with Crippen molar-refractivity contribution in [3.63, 3.8) is 0 Å². The minimum atomic E-state index is -2.92. The van der Waals surface area contributed by atoms with Gasteiger partial charge in [-0.3, -0.25) is 4.90 Å². The molecule has 1 unspecified atom stereocenters. The molecule has 1 fully saturated rings. The van der Waals surface area contributed by atoms with Gasteiger partial charge in [0.25, 0.3) is 0 Å². The lowest BCUT2D eigenvalue weighted by Gasteiger charge is -2.25. The zero-order valence-electron chi connectivity index (χ0n) is 12.4. The number of sulfone groups is 1. The second-order valence-electron chi connectivity index (χ2n) is 5.44. The molecule has 0 saturated carbocycles. The molecule has 1 rings (SSSR count). The number of nitrogens with one attached hydrogen (secondary N) is 1. The van der Waals surface area contributed by atoms with Crippen molar-refractivity contribution in [2.24, 2.45) is 0 Å². The third-order valence-corrected chi connectivity index (χ3v) is 5.93. The fourth-order valence-corrected chi connectivity index (χ4v) is 3.30. The zero-order valence-corrected chi connectivity index (χ0v) is 13.2. The van der Waals surface area contributed by atoms with Crippen molar-refractivity contribution < 1.29 is 13.2 Å². The molecule has 0 radical (unpaired) electrons. The number of hydrogen-bond acceptors (Lipinski definition) is 5. The van der Waals surface area contributed by atoms with Crippen molar-refractivity contribution in [2.75, 3.05) is 45.6 Å². The molecule has 1 saturated heterocycles. The summed E-state index contributed by atoms with van der Waals surface area (Å²) in [6.45, 7) is 7.68. The van der Waals surface area contributed by atoms with E-state index < -0.39 is 9.84 Å². The first-order chi connectivity index (χ1) is 8.97. The molecule has 1 N–H and O–H groups in total. The van der Waals surface area contributed by atoms with Crippen LogP contribution in [0.2, 0.25) is 0 Å². The van der Waals surface area contributed by atoms with E-state index in [2.05, 4.69) is 10.2 Å². The topological polar surface area (TPSA) is 58.6 Å². The van der Waals surface area contributed by atoms with Gasteiger partial charge in [0.1, 0.15) is 0 Å². The van der Waals surface area contributed by atoms with E-state index in [0.717, 1.165) is 26.1 Å². The quantitative estimate of drug-likeness (QED) is 0.628. The van der Waals surface area contributed by atoms with E-state index >= 15 is 0 Å². The van der Waals surface area contributed by atoms with Crippen molar-refractivity contribution >= 4 is 9.84 Å². The Hall–Kier alpha value is -0.170. The number of rotatable bonds is 9. The number of ether oxygens (including phenoxy) is 1. The van der Waals surface area contributed by atoms with Gasteiger partial charge in [-0.25, -0.2) is 8.42 Å². The lowest BCUT2D eigenvalue weighted by atomic mass is 10.2. The molecule has 1 atom stereocenters. The second-order valence-corrected chi connectivity index (χ2v) is 8.12. The average Bonchev–Trinajstić information content (AvgIpc) is 2.79. The van der Waals surface area contributed by atoms with Crippen LogP contribution in [0.25, 0.3) is 0 Å². The van der Waals surface area contributed by atoms with E-state index in [1.165, 1.54) is 6.42 Å². The average molecular weight is 292 g/mol. The Morgan fingerprint density at radius 3 is 2.79 bits per heavy atom.